The molecule has 0 aliphatic carbocycles. The molecular weight excluding hydrogens is 750 g/mol. The molecule has 0 saturated heterocycles. The zero-order chi connectivity index (χ0) is 36.2. The number of rotatable bonds is 39. The molecule has 0 aromatic rings. The van der Waals surface area contributed by atoms with E-state index in [1.165, 1.54) is 154 Å². The van der Waals surface area contributed by atoms with Crippen LogP contribution in [-0.2, 0) is 13.6 Å². The van der Waals surface area contributed by atoms with Gasteiger partial charge >= 0.3 is 7.75 Å². The van der Waals surface area contributed by atoms with Crippen molar-refractivity contribution in [2.45, 2.75) is 201 Å². The molecule has 0 aliphatic heterocycles. The summed E-state index contributed by atoms with van der Waals surface area (Å²) >= 11 is 0. The summed E-state index contributed by atoms with van der Waals surface area (Å²) in [5, 5.41) is 0. The van der Waals surface area contributed by atoms with Crippen LogP contribution in [0.1, 0.15) is 201 Å². The van der Waals surface area contributed by atoms with Crippen molar-refractivity contribution in [1.29, 1.82) is 0 Å². The summed E-state index contributed by atoms with van der Waals surface area (Å²) in [7, 11) is 3.25. The zero-order valence-electron chi connectivity index (χ0n) is 34.6. The molecule has 0 aromatic carbocycles. The molecule has 0 saturated carbocycles. The van der Waals surface area contributed by atoms with Gasteiger partial charge in [0.1, 0.15) is 0 Å². The topological polar surface area (TPSA) is 38.8 Å². The third kappa shape index (κ3) is 36.6. The van der Waals surface area contributed by atoms with Crippen molar-refractivity contribution in [2.24, 2.45) is 0 Å². The summed E-state index contributed by atoms with van der Waals surface area (Å²) in [6.07, 6.45) is 45.5. The molecule has 0 amide bonds. The number of allylic oxidation sites excluding steroid dienone is 4. The Balaban J connectivity index is 0. The fraction of sp³-hybridized carbons (Fsp3) is 0.907. The first-order valence-electron chi connectivity index (χ1n) is 21.5. The van der Waals surface area contributed by atoms with Crippen molar-refractivity contribution in [3.05, 3.63) is 24.3 Å². The van der Waals surface area contributed by atoms with E-state index in [0.717, 1.165) is 43.3 Å². The number of quaternary nitrogens is 1. The first kappa shape index (κ1) is 52.4. The molecule has 300 valence electrons. The summed E-state index contributed by atoms with van der Waals surface area (Å²) in [5.41, 5.74) is 0. The van der Waals surface area contributed by atoms with Crippen LogP contribution in [0.4, 0.5) is 0 Å². The molecule has 0 unspecified atom stereocenters. The van der Waals surface area contributed by atoms with Crippen molar-refractivity contribution in [3.63, 3.8) is 0 Å². The molecule has 0 bridgehead atoms. The van der Waals surface area contributed by atoms with Gasteiger partial charge in [0.2, 0.25) is 0 Å². The van der Waals surface area contributed by atoms with Crippen LogP contribution < -0.4 is 24.0 Å². The Hall–Kier alpha value is 0.280. The van der Waals surface area contributed by atoms with E-state index in [9.17, 15) is 4.57 Å². The van der Waals surface area contributed by atoms with Crippen LogP contribution in [-0.4, -0.2) is 63.1 Å². The lowest BCUT2D eigenvalue weighted by Gasteiger charge is -2.32. The minimum atomic E-state index is -3.29. The second kappa shape index (κ2) is 39.0. The maximum absolute atomic E-state index is 14.0. The molecule has 0 fully saturated rings. The highest BCUT2D eigenvalue weighted by molar-refractivity contribution is 7.51. The van der Waals surface area contributed by atoms with Gasteiger partial charge in [-0.2, -0.15) is 0 Å². The number of nitrogens with zero attached hydrogens (tertiary/aromatic N) is 2. The molecule has 0 heterocycles. The lowest BCUT2D eigenvalue weighted by atomic mass is 10.1. The molecule has 0 spiro atoms. The Morgan fingerprint density at radius 1 is 0.480 bits per heavy atom. The molecule has 0 aromatic heterocycles. The van der Waals surface area contributed by atoms with Gasteiger partial charge in [-0.3, -0.25) is 9.05 Å². The number of hydrogen-bond acceptors (Lipinski definition) is 3. The van der Waals surface area contributed by atoms with Crippen LogP contribution >= 0.6 is 7.75 Å². The van der Waals surface area contributed by atoms with Crippen molar-refractivity contribution in [3.8, 4) is 0 Å². The summed E-state index contributed by atoms with van der Waals surface area (Å²) in [6.45, 7) is 9.98. The molecule has 0 N–H and O–H groups in total. The van der Waals surface area contributed by atoms with E-state index in [0.29, 0.717) is 19.8 Å². The van der Waals surface area contributed by atoms with Gasteiger partial charge in [-0.1, -0.05) is 161 Å². The fourth-order valence-corrected chi connectivity index (χ4v) is 7.93. The minimum Gasteiger partial charge on any atom is -1.00 e. The van der Waals surface area contributed by atoms with Crippen molar-refractivity contribution in [1.82, 2.24) is 4.67 Å². The molecule has 5 nitrogen and oxygen atoms in total. The molecule has 0 aliphatic rings. The quantitative estimate of drug-likeness (QED) is 0.0203. The average Bonchev–Trinajstić information content (AvgIpc) is 3.07. The van der Waals surface area contributed by atoms with Crippen LogP contribution in [0.25, 0.3) is 0 Å². The van der Waals surface area contributed by atoms with Crippen LogP contribution in [0, 0.1) is 0 Å². The van der Waals surface area contributed by atoms with E-state index in [4.69, 9.17) is 9.05 Å². The Morgan fingerprint density at radius 3 is 1.08 bits per heavy atom. The van der Waals surface area contributed by atoms with Gasteiger partial charge in [0.15, 0.2) is 0 Å². The van der Waals surface area contributed by atoms with Gasteiger partial charge in [0.05, 0.1) is 47.4 Å². The number of halogens is 1. The Bertz CT molecular complexity index is 739. The summed E-state index contributed by atoms with van der Waals surface area (Å²) < 4.78 is 29.1. The maximum Gasteiger partial charge on any atom is 0.408 e. The van der Waals surface area contributed by atoms with Gasteiger partial charge in [0.25, 0.3) is 0 Å². The van der Waals surface area contributed by atoms with E-state index in [2.05, 4.69) is 66.2 Å². The fourth-order valence-electron chi connectivity index (χ4n) is 6.13. The van der Waals surface area contributed by atoms with Crippen LogP contribution in [0.15, 0.2) is 24.3 Å². The second-order valence-electron chi connectivity index (χ2n) is 15.6. The Labute approximate surface area is 331 Å². The van der Waals surface area contributed by atoms with Crippen molar-refractivity contribution in [2.75, 3.05) is 54.0 Å². The van der Waals surface area contributed by atoms with Gasteiger partial charge in [-0.25, -0.2) is 9.24 Å². The Morgan fingerprint density at radius 2 is 0.780 bits per heavy atom. The first-order chi connectivity index (χ1) is 23.8. The van der Waals surface area contributed by atoms with E-state index in [1.807, 2.05) is 4.67 Å². The average molecular weight is 839 g/mol. The lowest BCUT2D eigenvalue weighted by molar-refractivity contribution is -0.869. The zero-order valence-corrected chi connectivity index (χ0v) is 37.6. The van der Waals surface area contributed by atoms with E-state index in [1.54, 1.807) is 0 Å². The molecule has 0 atom stereocenters. The van der Waals surface area contributed by atoms with Crippen LogP contribution in [0.5, 0.6) is 0 Å². The first-order valence-corrected chi connectivity index (χ1v) is 23.0. The van der Waals surface area contributed by atoms with Gasteiger partial charge in [-0.15, -0.1) is 0 Å². The predicted octanol–water partition coefficient (Wildman–Crippen LogP) is 11.2. The van der Waals surface area contributed by atoms with E-state index >= 15 is 0 Å². The van der Waals surface area contributed by atoms with Crippen LogP contribution in [0.3, 0.4) is 0 Å². The maximum atomic E-state index is 14.0. The second-order valence-corrected chi connectivity index (χ2v) is 17.6. The normalized spacial score (nSPS) is 12.5. The van der Waals surface area contributed by atoms with E-state index in [-0.39, 0.29) is 24.0 Å². The minimum absolute atomic E-state index is 0. The van der Waals surface area contributed by atoms with Gasteiger partial charge in [0, 0.05) is 6.54 Å². The number of hydrogen-bond donors (Lipinski definition) is 0. The molecule has 0 radical (unpaired) electrons. The summed E-state index contributed by atoms with van der Waals surface area (Å²) in [6, 6.07) is 0. The SMILES string of the molecule is CCCCCCCC/C=C/CCCCCCCCOP(=O)(OCCCCCCCC/C=C/CCCCCCCC)N(CC)CC[N+](C)(C)C.[I-]. The molecule has 0 rings (SSSR count). The third-order valence-electron chi connectivity index (χ3n) is 9.56. The highest BCUT2D eigenvalue weighted by Crippen LogP contribution is 2.52. The molecular formula is C43H88IN2O3P. The lowest BCUT2D eigenvalue weighted by Crippen LogP contribution is -3.00. The number of likely N-dealkylation sites (N-methyl/N-ethyl adjacent to an activating group) is 2. The van der Waals surface area contributed by atoms with Gasteiger partial charge in [-0.05, 0) is 64.2 Å². The van der Waals surface area contributed by atoms with E-state index < -0.39 is 7.75 Å². The molecule has 50 heavy (non-hydrogen) atoms. The Kier molecular flexibility index (Phi) is 40.8. The van der Waals surface area contributed by atoms with Crippen molar-refractivity contribution < 1.29 is 42.1 Å². The third-order valence-corrected chi connectivity index (χ3v) is 11.8. The smallest absolute Gasteiger partial charge is 0.408 e. The number of unbranched alkanes of at least 4 members (excludes halogenated alkanes) is 24. The predicted molar refractivity (Wildman–Crippen MR) is 219 cm³/mol. The highest BCUT2D eigenvalue weighted by atomic mass is 127. The largest absolute Gasteiger partial charge is 1.00 e. The van der Waals surface area contributed by atoms with Crippen molar-refractivity contribution >= 4 is 7.75 Å². The van der Waals surface area contributed by atoms with Crippen LogP contribution in [0.2, 0.25) is 0 Å². The molecule has 7 heteroatoms. The highest BCUT2D eigenvalue weighted by Gasteiger charge is 2.33. The monoisotopic (exact) mass is 839 g/mol. The van der Waals surface area contributed by atoms with Gasteiger partial charge < -0.3 is 28.5 Å². The summed E-state index contributed by atoms with van der Waals surface area (Å²) in [5.74, 6) is 0. The summed E-state index contributed by atoms with van der Waals surface area (Å²) in [4.78, 5) is 0. The standard InChI is InChI=1S/C43H88N2O3P.HI/c1-7-10-12-14-16-18-20-22-24-26-28-30-32-34-36-38-42-47-49(46,44(9-3)40-41-45(4,5)6)48-43-39-37-35-33-31-29-27-25-23-21-19-17-15-13-11-8-2;/h22-25H,7-21,26-43H2,1-6H3;1H/q+1;/p-1/b24-22+,25-23+;.